The van der Waals surface area contributed by atoms with Gasteiger partial charge >= 0.3 is 0 Å². The van der Waals surface area contributed by atoms with Crippen molar-refractivity contribution in [1.29, 1.82) is 0 Å². The summed E-state index contributed by atoms with van der Waals surface area (Å²) in [5, 5.41) is 3.64. The van der Waals surface area contributed by atoms with Gasteiger partial charge in [-0.3, -0.25) is 0 Å². The first-order valence-electron chi connectivity index (χ1n) is 6.69. The number of aryl methyl sites for hydroxylation is 2. The van der Waals surface area contributed by atoms with E-state index >= 15 is 0 Å². The van der Waals surface area contributed by atoms with Crippen LogP contribution in [0.2, 0.25) is 0 Å². The van der Waals surface area contributed by atoms with E-state index in [1.807, 2.05) is 0 Å². The molecule has 0 saturated heterocycles. The van der Waals surface area contributed by atoms with E-state index in [0.29, 0.717) is 6.04 Å². The Morgan fingerprint density at radius 3 is 2.37 bits per heavy atom. The number of rotatable bonds is 4. The van der Waals surface area contributed by atoms with Gasteiger partial charge < -0.3 is 5.32 Å². The predicted octanol–water partition coefficient (Wildman–Crippen LogP) is 5.63. The van der Waals surface area contributed by atoms with Crippen LogP contribution in [0, 0.1) is 13.8 Å². The molecule has 2 aromatic rings. The van der Waals surface area contributed by atoms with Gasteiger partial charge in [-0.1, -0.05) is 58.7 Å². The van der Waals surface area contributed by atoms with Crippen molar-refractivity contribution in [3.8, 4) is 0 Å². The Balaban J connectivity index is 2.23. The van der Waals surface area contributed by atoms with Gasteiger partial charge in [-0.25, -0.2) is 0 Å². The van der Waals surface area contributed by atoms with Crippen LogP contribution in [0.5, 0.6) is 0 Å². The van der Waals surface area contributed by atoms with Crippen molar-refractivity contribution in [2.24, 2.45) is 0 Å². The van der Waals surface area contributed by atoms with E-state index in [2.05, 4.69) is 84.5 Å². The SMILES string of the molecule is CCC(Nc1cc(Br)ccc1C)c1ccc(C)cc1. The molecule has 0 aliphatic heterocycles. The first-order chi connectivity index (χ1) is 9.10. The summed E-state index contributed by atoms with van der Waals surface area (Å²) in [7, 11) is 0. The fourth-order valence-electron chi connectivity index (χ4n) is 2.16. The molecule has 0 radical (unpaired) electrons. The summed E-state index contributed by atoms with van der Waals surface area (Å²) < 4.78 is 1.11. The van der Waals surface area contributed by atoms with Gasteiger partial charge in [0.25, 0.3) is 0 Å². The smallest absolute Gasteiger partial charge is 0.0511 e. The van der Waals surface area contributed by atoms with Gasteiger partial charge in [0.05, 0.1) is 6.04 Å². The zero-order chi connectivity index (χ0) is 13.8. The molecule has 100 valence electrons. The summed E-state index contributed by atoms with van der Waals surface area (Å²) in [6.45, 7) is 6.47. The Labute approximate surface area is 124 Å². The molecule has 2 rings (SSSR count). The summed E-state index contributed by atoms with van der Waals surface area (Å²) in [6.07, 6.45) is 1.06. The number of nitrogens with one attached hydrogen (secondary N) is 1. The van der Waals surface area contributed by atoms with Crippen LogP contribution in [0.25, 0.3) is 0 Å². The van der Waals surface area contributed by atoms with Gasteiger partial charge in [-0.15, -0.1) is 0 Å². The van der Waals surface area contributed by atoms with Gasteiger partial charge in [-0.2, -0.15) is 0 Å². The molecule has 1 nitrogen and oxygen atoms in total. The minimum atomic E-state index is 0.355. The Morgan fingerprint density at radius 2 is 1.74 bits per heavy atom. The molecule has 1 N–H and O–H groups in total. The van der Waals surface area contributed by atoms with E-state index in [0.717, 1.165) is 10.9 Å². The summed E-state index contributed by atoms with van der Waals surface area (Å²) in [5.41, 5.74) is 5.11. The fourth-order valence-corrected chi connectivity index (χ4v) is 2.52. The van der Waals surface area contributed by atoms with Crippen molar-refractivity contribution < 1.29 is 0 Å². The van der Waals surface area contributed by atoms with Crippen LogP contribution in [-0.2, 0) is 0 Å². The average molecular weight is 318 g/mol. The van der Waals surface area contributed by atoms with E-state index < -0.39 is 0 Å². The number of halogens is 1. The molecular formula is C17H20BrN. The molecule has 1 unspecified atom stereocenters. The van der Waals surface area contributed by atoms with Gasteiger partial charge in [-0.05, 0) is 43.5 Å². The highest BCUT2D eigenvalue weighted by molar-refractivity contribution is 9.10. The van der Waals surface area contributed by atoms with E-state index in [1.54, 1.807) is 0 Å². The highest BCUT2D eigenvalue weighted by Gasteiger charge is 2.10. The van der Waals surface area contributed by atoms with E-state index in [1.165, 1.54) is 22.4 Å². The monoisotopic (exact) mass is 317 g/mol. The summed E-state index contributed by atoms with van der Waals surface area (Å²) in [6, 6.07) is 15.5. The third kappa shape index (κ3) is 3.60. The van der Waals surface area contributed by atoms with Crippen LogP contribution in [0.3, 0.4) is 0 Å². The van der Waals surface area contributed by atoms with Crippen LogP contribution in [0.1, 0.15) is 36.1 Å². The van der Waals surface area contributed by atoms with Crippen molar-refractivity contribution in [1.82, 2.24) is 0 Å². The highest BCUT2D eigenvalue weighted by atomic mass is 79.9. The van der Waals surface area contributed by atoms with Crippen LogP contribution in [0.15, 0.2) is 46.9 Å². The second-order valence-electron chi connectivity index (χ2n) is 4.98. The number of hydrogen-bond donors (Lipinski definition) is 1. The molecule has 0 amide bonds. The normalized spacial score (nSPS) is 12.2. The lowest BCUT2D eigenvalue weighted by molar-refractivity contribution is 0.748. The van der Waals surface area contributed by atoms with E-state index in [9.17, 15) is 0 Å². The van der Waals surface area contributed by atoms with E-state index in [4.69, 9.17) is 0 Å². The predicted molar refractivity (Wildman–Crippen MR) is 86.7 cm³/mol. The van der Waals surface area contributed by atoms with Crippen LogP contribution >= 0.6 is 15.9 Å². The molecule has 0 fully saturated rings. The van der Waals surface area contributed by atoms with Crippen molar-refractivity contribution in [3.63, 3.8) is 0 Å². The van der Waals surface area contributed by atoms with Gasteiger partial charge in [0.15, 0.2) is 0 Å². The maximum atomic E-state index is 3.64. The van der Waals surface area contributed by atoms with Gasteiger partial charge in [0.1, 0.15) is 0 Å². The van der Waals surface area contributed by atoms with Crippen LogP contribution in [-0.4, -0.2) is 0 Å². The van der Waals surface area contributed by atoms with Crippen molar-refractivity contribution >= 4 is 21.6 Å². The molecule has 0 heterocycles. The largest absolute Gasteiger partial charge is 0.378 e. The van der Waals surface area contributed by atoms with Crippen molar-refractivity contribution in [3.05, 3.63) is 63.6 Å². The summed E-state index contributed by atoms with van der Waals surface area (Å²) in [4.78, 5) is 0. The molecule has 19 heavy (non-hydrogen) atoms. The third-order valence-corrected chi connectivity index (χ3v) is 3.91. The second-order valence-corrected chi connectivity index (χ2v) is 5.89. The number of anilines is 1. The molecule has 0 aromatic heterocycles. The van der Waals surface area contributed by atoms with Gasteiger partial charge in [0.2, 0.25) is 0 Å². The highest BCUT2D eigenvalue weighted by Crippen LogP contribution is 2.27. The topological polar surface area (TPSA) is 12.0 Å². The molecule has 0 aliphatic carbocycles. The Morgan fingerprint density at radius 1 is 1.05 bits per heavy atom. The number of hydrogen-bond acceptors (Lipinski definition) is 1. The maximum absolute atomic E-state index is 3.64. The molecule has 0 bridgehead atoms. The molecular weight excluding hydrogens is 298 g/mol. The molecule has 0 spiro atoms. The summed E-state index contributed by atoms with van der Waals surface area (Å²) >= 11 is 3.53. The lowest BCUT2D eigenvalue weighted by atomic mass is 10.0. The zero-order valence-corrected chi connectivity index (χ0v) is 13.3. The van der Waals surface area contributed by atoms with Crippen LogP contribution < -0.4 is 5.32 Å². The molecule has 0 saturated carbocycles. The minimum absolute atomic E-state index is 0.355. The lowest BCUT2D eigenvalue weighted by Crippen LogP contribution is -2.10. The molecule has 0 aliphatic rings. The Bertz CT molecular complexity index is 546. The Kier molecular flexibility index (Phi) is 4.65. The minimum Gasteiger partial charge on any atom is -0.378 e. The fraction of sp³-hybridized carbons (Fsp3) is 0.294. The third-order valence-electron chi connectivity index (χ3n) is 3.42. The quantitative estimate of drug-likeness (QED) is 0.770. The summed E-state index contributed by atoms with van der Waals surface area (Å²) in [5.74, 6) is 0. The average Bonchev–Trinajstić information content (AvgIpc) is 2.41. The van der Waals surface area contributed by atoms with Gasteiger partial charge in [0, 0.05) is 10.2 Å². The maximum Gasteiger partial charge on any atom is 0.0511 e. The number of benzene rings is 2. The molecule has 2 aromatic carbocycles. The molecule has 2 heteroatoms. The first-order valence-corrected chi connectivity index (χ1v) is 7.48. The standard InChI is InChI=1S/C17H20BrN/c1-4-16(14-8-5-12(2)6-9-14)19-17-11-15(18)10-7-13(17)3/h5-11,16,19H,4H2,1-3H3. The van der Waals surface area contributed by atoms with Crippen molar-refractivity contribution in [2.75, 3.05) is 5.32 Å². The van der Waals surface area contributed by atoms with Crippen LogP contribution in [0.4, 0.5) is 5.69 Å². The zero-order valence-electron chi connectivity index (χ0n) is 11.7. The van der Waals surface area contributed by atoms with E-state index in [-0.39, 0.29) is 0 Å². The lowest BCUT2D eigenvalue weighted by Gasteiger charge is -2.20. The molecule has 1 atom stereocenters. The first kappa shape index (κ1) is 14.1. The Hall–Kier alpha value is -1.28. The second kappa shape index (κ2) is 6.25. The van der Waals surface area contributed by atoms with Crippen molar-refractivity contribution in [2.45, 2.75) is 33.2 Å².